The molecule has 0 aliphatic rings. The topological polar surface area (TPSA) is 86.1 Å². The summed E-state index contributed by atoms with van der Waals surface area (Å²) in [4.78, 5) is 30.9. The second-order valence-electron chi connectivity index (χ2n) is 3.92. The van der Waals surface area contributed by atoms with E-state index in [1.54, 1.807) is 36.0 Å². The number of ether oxygens (including phenoxy) is 1. The van der Waals surface area contributed by atoms with Gasteiger partial charge in [0.2, 0.25) is 0 Å². The van der Waals surface area contributed by atoms with Crippen molar-refractivity contribution in [2.24, 2.45) is 0 Å². The summed E-state index contributed by atoms with van der Waals surface area (Å²) in [7, 11) is 0. The number of carbonyl (C=O) groups is 2. The first-order chi connectivity index (χ1) is 9.61. The molecule has 0 aromatic carbocycles. The number of amides is 1. The van der Waals surface area contributed by atoms with Crippen molar-refractivity contribution in [3.05, 3.63) is 36.5 Å². The first kappa shape index (κ1) is 13.7. The number of hydrogen-bond donors (Lipinski definition) is 1. The highest BCUT2D eigenvalue weighted by molar-refractivity contribution is 6.37. The smallest absolute Gasteiger partial charge is 0.397 e. The fraction of sp³-hybridized carbons (Fsp3) is 0.231. The van der Waals surface area contributed by atoms with Crippen LogP contribution >= 0.6 is 0 Å². The monoisotopic (exact) mass is 274 g/mol. The Bertz CT molecular complexity index is 619. The largest absolute Gasteiger partial charge is 0.459 e. The van der Waals surface area contributed by atoms with Crippen LogP contribution in [0.3, 0.4) is 0 Å². The molecule has 0 aliphatic carbocycles. The number of hydrogen-bond acceptors (Lipinski definition) is 5. The molecule has 0 saturated carbocycles. The number of aromatic nitrogens is 3. The average molecular weight is 274 g/mol. The Kier molecular flexibility index (Phi) is 4.09. The molecule has 1 N–H and O–H groups in total. The van der Waals surface area contributed by atoms with Gasteiger partial charge in [0, 0.05) is 12.4 Å². The van der Waals surface area contributed by atoms with Crippen molar-refractivity contribution in [2.75, 3.05) is 11.9 Å². The van der Waals surface area contributed by atoms with Crippen molar-refractivity contribution in [2.45, 2.75) is 13.8 Å². The van der Waals surface area contributed by atoms with E-state index in [2.05, 4.69) is 20.0 Å². The highest BCUT2D eigenvalue weighted by atomic mass is 16.5. The van der Waals surface area contributed by atoms with Crippen LogP contribution in [0.4, 0.5) is 5.69 Å². The minimum Gasteiger partial charge on any atom is -0.459 e. The molecule has 2 heterocycles. The van der Waals surface area contributed by atoms with Crippen LogP contribution in [0.2, 0.25) is 0 Å². The van der Waals surface area contributed by atoms with Crippen LogP contribution in [0.25, 0.3) is 5.82 Å². The van der Waals surface area contributed by atoms with E-state index >= 15 is 0 Å². The third kappa shape index (κ3) is 3.00. The molecule has 0 radical (unpaired) electrons. The maximum absolute atomic E-state index is 11.4. The van der Waals surface area contributed by atoms with Crippen molar-refractivity contribution in [1.29, 1.82) is 0 Å². The Morgan fingerprint density at radius 2 is 2.15 bits per heavy atom. The number of aryl methyl sites for hydroxylation is 1. The van der Waals surface area contributed by atoms with Gasteiger partial charge in [0.1, 0.15) is 11.6 Å². The molecule has 104 valence electrons. The standard InChI is InChI=1S/C13H14N4O3/c1-3-20-13(19)12(18)16-10-4-5-11(15-8-10)17-7-6-14-9(17)2/h4-8H,3H2,1-2H3,(H,16,18). The van der Waals surface area contributed by atoms with E-state index in [9.17, 15) is 9.59 Å². The molecule has 0 bridgehead atoms. The lowest BCUT2D eigenvalue weighted by molar-refractivity contribution is -0.152. The molecule has 0 unspecified atom stereocenters. The Hall–Kier alpha value is -2.70. The molecule has 7 nitrogen and oxygen atoms in total. The van der Waals surface area contributed by atoms with Crippen LogP contribution in [-0.4, -0.2) is 33.0 Å². The van der Waals surface area contributed by atoms with E-state index in [1.165, 1.54) is 6.20 Å². The van der Waals surface area contributed by atoms with Crippen LogP contribution in [0.5, 0.6) is 0 Å². The molecule has 0 fully saturated rings. The van der Waals surface area contributed by atoms with E-state index in [0.29, 0.717) is 11.5 Å². The summed E-state index contributed by atoms with van der Waals surface area (Å²) >= 11 is 0. The quantitative estimate of drug-likeness (QED) is 0.668. The SMILES string of the molecule is CCOC(=O)C(=O)Nc1ccc(-n2ccnc2C)nc1. The summed E-state index contributed by atoms with van der Waals surface area (Å²) in [6.45, 7) is 3.65. The van der Waals surface area contributed by atoms with Crippen LogP contribution < -0.4 is 5.32 Å². The zero-order chi connectivity index (χ0) is 14.5. The van der Waals surface area contributed by atoms with Gasteiger partial charge in [-0.05, 0) is 26.0 Å². The Morgan fingerprint density at radius 3 is 2.70 bits per heavy atom. The van der Waals surface area contributed by atoms with Gasteiger partial charge in [0.25, 0.3) is 0 Å². The van der Waals surface area contributed by atoms with E-state index < -0.39 is 11.9 Å². The molecule has 2 aromatic heterocycles. The van der Waals surface area contributed by atoms with Crippen molar-refractivity contribution < 1.29 is 14.3 Å². The van der Waals surface area contributed by atoms with Crippen LogP contribution in [0.1, 0.15) is 12.7 Å². The molecule has 0 atom stereocenters. The number of nitrogens with one attached hydrogen (secondary N) is 1. The number of rotatable bonds is 3. The van der Waals surface area contributed by atoms with Gasteiger partial charge in [-0.1, -0.05) is 0 Å². The van der Waals surface area contributed by atoms with Crippen LogP contribution in [-0.2, 0) is 14.3 Å². The summed E-state index contributed by atoms with van der Waals surface area (Å²) in [5.74, 6) is -0.253. The van der Waals surface area contributed by atoms with Gasteiger partial charge in [-0.25, -0.2) is 14.8 Å². The first-order valence-electron chi connectivity index (χ1n) is 6.06. The van der Waals surface area contributed by atoms with Crippen molar-refractivity contribution >= 4 is 17.6 Å². The number of imidazole rings is 1. The van der Waals surface area contributed by atoms with Crippen molar-refractivity contribution in [3.8, 4) is 5.82 Å². The van der Waals surface area contributed by atoms with Crippen molar-refractivity contribution in [3.63, 3.8) is 0 Å². The van der Waals surface area contributed by atoms with Gasteiger partial charge < -0.3 is 10.1 Å². The van der Waals surface area contributed by atoms with E-state index in [0.717, 1.165) is 5.82 Å². The fourth-order valence-electron chi connectivity index (χ4n) is 1.60. The molecule has 1 amide bonds. The number of pyridine rings is 1. The average Bonchev–Trinajstić information content (AvgIpc) is 2.86. The Morgan fingerprint density at radius 1 is 1.35 bits per heavy atom. The van der Waals surface area contributed by atoms with Crippen LogP contribution in [0, 0.1) is 6.92 Å². The summed E-state index contributed by atoms with van der Waals surface area (Å²) in [5, 5.41) is 2.41. The molecule has 7 heteroatoms. The Balaban J connectivity index is 2.07. The highest BCUT2D eigenvalue weighted by Crippen LogP contribution is 2.11. The minimum atomic E-state index is -0.915. The fourth-order valence-corrected chi connectivity index (χ4v) is 1.60. The molecule has 0 aliphatic heterocycles. The summed E-state index contributed by atoms with van der Waals surface area (Å²) in [5.41, 5.74) is 0.421. The minimum absolute atomic E-state index is 0.156. The van der Waals surface area contributed by atoms with Gasteiger partial charge in [0.05, 0.1) is 18.5 Å². The summed E-state index contributed by atoms with van der Waals surface area (Å²) in [6, 6.07) is 3.37. The van der Waals surface area contributed by atoms with E-state index in [4.69, 9.17) is 0 Å². The Labute approximate surface area is 115 Å². The van der Waals surface area contributed by atoms with Crippen LogP contribution in [0.15, 0.2) is 30.7 Å². The lowest BCUT2D eigenvalue weighted by Gasteiger charge is -2.06. The molecule has 20 heavy (non-hydrogen) atoms. The summed E-state index contributed by atoms with van der Waals surface area (Å²) < 4.78 is 6.39. The molecule has 0 saturated heterocycles. The maximum Gasteiger partial charge on any atom is 0.397 e. The van der Waals surface area contributed by atoms with E-state index in [-0.39, 0.29) is 6.61 Å². The third-order valence-corrected chi connectivity index (χ3v) is 2.54. The van der Waals surface area contributed by atoms with Gasteiger partial charge in [-0.2, -0.15) is 0 Å². The predicted octanol–water partition coefficient (Wildman–Crippen LogP) is 1.08. The molecule has 2 aromatic rings. The zero-order valence-corrected chi connectivity index (χ0v) is 11.2. The third-order valence-electron chi connectivity index (χ3n) is 2.54. The summed E-state index contributed by atoms with van der Waals surface area (Å²) in [6.07, 6.45) is 4.92. The molecular weight excluding hydrogens is 260 g/mol. The maximum atomic E-state index is 11.4. The number of carbonyl (C=O) groups excluding carboxylic acids is 2. The number of esters is 1. The normalized spacial score (nSPS) is 10.1. The van der Waals surface area contributed by atoms with E-state index in [1.807, 2.05) is 6.92 Å². The van der Waals surface area contributed by atoms with Gasteiger partial charge in [-0.3, -0.25) is 9.36 Å². The number of nitrogens with zero attached hydrogens (tertiary/aromatic N) is 3. The molecule has 2 rings (SSSR count). The number of anilines is 1. The first-order valence-corrected chi connectivity index (χ1v) is 6.06. The van der Waals surface area contributed by atoms with Crippen molar-refractivity contribution in [1.82, 2.24) is 14.5 Å². The van der Waals surface area contributed by atoms with Gasteiger partial charge in [0.15, 0.2) is 0 Å². The molecule has 0 spiro atoms. The lowest BCUT2D eigenvalue weighted by Crippen LogP contribution is -2.25. The second kappa shape index (κ2) is 5.96. The second-order valence-corrected chi connectivity index (χ2v) is 3.92. The lowest BCUT2D eigenvalue weighted by atomic mass is 10.4. The van der Waals surface area contributed by atoms with Gasteiger partial charge in [-0.15, -0.1) is 0 Å². The predicted molar refractivity (Wildman–Crippen MR) is 71.4 cm³/mol. The zero-order valence-electron chi connectivity index (χ0n) is 11.2. The molecular formula is C13H14N4O3. The van der Waals surface area contributed by atoms with Gasteiger partial charge >= 0.3 is 11.9 Å². The highest BCUT2D eigenvalue weighted by Gasteiger charge is 2.14.